The molecule has 1 saturated carbocycles. The van der Waals surface area contributed by atoms with Crippen molar-refractivity contribution in [3.8, 4) is 0 Å². The molecule has 2 aromatic heterocycles. The zero-order valence-electron chi connectivity index (χ0n) is 11.1. The number of oxazole rings is 1. The molecule has 0 aromatic carbocycles. The number of hydrogen-bond donors (Lipinski definition) is 1. The van der Waals surface area contributed by atoms with E-state index in [0.717, 1.165) is 16.6 Å². The minimum absolute atomic E-state index is 0.101. The van der Waals surface area contributed by atoms with Crippen LogP contribution in [-0.2, 0) is 5.41 Å². The molecule has 1 N–H and O–H groups in total. The van der Waals surface area contributed by atoms with Crippen molar-refractivity contribution in [1.82, 2.24) is 10.3 Å². The van der Waals surface area contributed by atoms with Gasteiger partial charge in [0.05, 0.1) is 3.79 Å². The average molecular weight is 355 g/mol. The molecule has 2 aromatic rings. The summed E-state index contributed by atoms with van der Waals surface area (Å²) in [6.45, 7) is 2.41. The van der Waals surface area contributed by atoms with Gasteiger partial charge in [-0.15, -0.1) is 11.3 Å². The second kappa shape index (κ2) is 5.33. The van der Waals surface area contributed by atoms with E-state index in [1.54, 1.807) is 18.3 Å². The molecule has 0 aliphatic heterocycles. The van der Waals surface area contributed by atoms with Gasteiger partial charge in [-0.25, -0.2) is 4.98 Å². The molecule has 0 bridgehead atoms. The van der Waals surface area contributed by atoms with Crippen LogP contribution in [0.4, 0.5) is 0 Å². The van der Waals surface area contributed by atoms with Gasteiger partial charge in [0.25, 0.3) is 5.91 Å². The van der Waals surface area contributed by atoms with Crippen molar-refractivity contribution in [3.63, 3.8) is 0 Å². The third kappa shape index (κ3) is 2.42. The number of nitrogens with zero attached hydrogens (tertiary/aromatic N) is 1. The molecule has 0 atom stereocenters. The van der Waals surface area contributed by atoms with Crippen LogP contribution in [-0.4, -0.2) is 17.4 Å². The van der Waals surface area contributed by atoms with E-state index in [9.17, 15) is 4.79 Å². The quantitative estimate of drug-likeness (QED) is 0.911. The van der Waals surface area contributed by atoms with Crippen molar-refractivity contribution < 1.29 is 9.21 Å². The normalized spacial score (nSPS) is 16.7. The van der Waals surface area contributed by atoms with Gasteiger partial charge in [0, 0.05) is 16.8 Å². The standard InChI is InChI=1S/C14H15BrN2O2S/c1-9-12(17-8-19-9)13(18)16-7-14(5-2-6-14)10-3-4-11(15)20-10/h3-4,8H,2,5-7H2,1H3,(H,16,18). The number of thiophene rings is 1. The van der Waals surface area contributed by atoms with Crippen LogP contribution in [0.3, 0.4) is 0 Å². The lowest BCUT2D eigenvalue weighted by Gasteiger charge is -2.41. The molecule has 0 spiro atoms. The zero-order chi connectivity index (χ0) is 14.2. The highest BCUT2D eigenvalue weighted by Crippen LogP contribution is 2.46. The highest BCUT2D eigenvalue weighted by molar-refractivity contribution is 9.11. The Hall–Kier alpha value is -1.14. The van der Waals surface area contributed by atoms with E-state index in [2.05, 4.69) is 38.4 Å². The van der Waals surface area contributed by atoms with Crippen LogP contribution in [0.5, 0.6) is 0 Å². The van der Waals surface area contributed by atoms with Crippen LogP contribution in [0.2, 0.25) is 0 Å². The first-order chi connectivity index (χ1) is 9.61. The van der Waals surface area contributed by atoms with Crippen LogP contribution < -0.4 is 5.32 Å². The Morgan fingerprint density at radius 1 is 1.55 bits per heavy atom. The third-order valence-electron chi connectivity index (χ3n) is 3.95. The molecule has 1 aliphatic rings. The van der Waals surface area contributed by atoms with Crippen molar-refractivity contribution in [1.29, 1.82) is 0 Å². The lowest BCUT2D eigenvalue weighted by Crippen LogP contribution is -2.45. The Labute approximate surface area is 129 Å². The molecular formula is C14H15BrN2O2S. The number of aryl methyl sites for hydroxylation is 1. The zero-order valence-corrected chi connectivity index (χ0v) is 13.5. The predicted octanol–water partition coefficient (Wildman–Crippen LogP) is 3.66. The van der Waals surface area contributed by atoms with Gasteiger partial charge in [-0.05, 0) is 47.8 Å². The first-order valence-electron chi connectivity index (χ1n) is 6.55. The van der Waals surface area contributed by atoms with E-state index < -0.39 is 0 Å². The number of nitrogens with one attached hydrogen (secondary N) is 1. The van der Waals surface area contributed by atoms with Crippen molar-refractivity contribution in [3.05, 3.63) is 38.6 Å². The van der Waals surface area contributed by atoms with E-state index in [1.807, 2.05) is 0 Å². The largest absolute Gasteiger partial charge is 0.448 e. The van der Waals surface area contributed by atoms with E-state index >= 15 is 0 Å². The summed E-state index contributed by atoms with van der Waals surface area (Å²) in [5.41, 5.74) is 0.483. The fourth-order valence-corrected chi connectivity index (χ4v) is 4.20. The summed E-state index contributed by atoms with van der Waals surface area (Å²) in [5.74, 6) is 0.405. The molecule has 1 aliphatic carbocycles. The van der Waals surface area contributed by atoms with Gasteiger partial charge >= 0.3 is 0 Å². The van der Waals surface area contributed by atoms with Gasteiger partial charge in [-0.3, -0.25) is 4.79 Å². The summed E-state index contributed by atoms with van der Waals surface area (Å²) in [6.07, 6.45) is 4.77. The van der Waals surface area contributed by atoms with Crippen LogP contribution >= 0.6 is 27.3 Å². The lowest BCUT2D eigenvalue weighted by molar-refractivity contribution is 0.0923. The second-order valence-electron chi connectivity index (χ2n) is 5.18. The molecular weight excluding hydrogens is 340 g/mol. The van der Waals surface area contributed by atoms with Crippen LogP contribution in [0.1, 0.15) is 40.4 Å². The fourth-order valence-electron chi connectivity index (χ4n) is 2.57. The van der Waals surface area contributed by atoms with Gasteiger partial charge in [-0.2, -0.15) is 0 Å². The number of halogens is 1. The number of aromatic nitrogens is 1. The maximum Gasteiger partial charge on any atom is 0.273 e. The van der Waals surface area contributed by atoms with Gasteiger partial charge in [0.15, 0.2) is 12.1 Å². The number of rotatable bonds is 4. The van der Waals surface area contributed by atoms with E-state index in [0.29, 0.717) is 18.0 Å². The second-order valence-corrected chi connectivity index (χ2v) is 7.64. The Balaban J connectivity index is 1.70. The van der Waals surface area contributed by atoms with Crippen LogP contribution in [0.25, 0.3) is 0 Å². The third-order valence-corrected chi connectivity index (χ3v) is 5.82. The Morgan fingerprint density at radius 3 is 2.85 bits per heavy atom. The van der Waals surface area contributed by atoms with Crippen LogP contribution in [0, 0.1) is 6.92 Å². The van der Waals surface area contributed by atoms with Crippen molar-refractivity contribution in [2.24, 2.45) is 0 Å². The number of hydrogen-bond acceptors (Lipinski definition) is 4. The topological polar surface area (TPSA) is 55.1 Å². The minimum Gasteiger partial charge on any atom is -0.448 e. The van der Waals surface area contributed by atoms with Gasteiger partial charge in [-0.1, -0.05) is 6.42 Å². The summed E-state index contributed by atoms with van der Waals surface area (Å²) in [6, 6.07) is 4.23. The smallest absolute Gasteiger partial charge is 0.273 e. The van der Waals surface area contributed by atoms with Gasteiger partial charge in [0.1, 0.15) is 5.76 Å². The molecule has 3 rings (SSSR count). The van der Waals surface area contributed by atoms with E-state index in [4.69, 9.17) is 4.42 Å². The first-order valence-corrected chi connectivity index (χ1v) is 8.16. The summed E-state index contributed by atoms with van der Waals surface area (Å²) in [7, 11) is 0. The van der Waals surface area contributed by atoms with Crippen LogP contribution in [0.15, 0.2) is 26.7 Å². The number of amides is 1. The monoisotopic (exact) mass is 354 g/mol. The molecule has 2 heterocycles. The summed E-state index contributed by atoms with van der Waals surface area (Å²) in [4.78, 5) is 17.4. The van der Waals surface area contributed by atoms with Crippen molar-refractivity contribution in [2.75, 3.05) is 6.54 Å². The Kier molecular flexibility index (Phi) is 3.69. The SMILES string of the molecule is Cc1ocnc1C(=O)NCC1(c2ccc(Br)s2)CCC1. The molecule has 0 saturated heterocycles. The van der Waals surface area contributed by atoms with Crippen molar-refractivity contribution >= 4 is 33.2 Å². The van der Waals surface area contributed by atoms with E-state index in [1.165, 1.54) is 17.7 Å². The Bertz CT molecular complexity index is 631. The first kappa shape index (κ1) is 13.8. The summed E-state index contributed by atoms with van der Waals surface area (Å²) >= 11 is 5.26. The summed E-state index contributed by atoms with van der Waals surface area (Å²) < 4.78 is 6.21. The molecule has 0 radical (unpaired) electrons. The maximum atomic E-state index is 12.1. The highest BCUT2D eigenvalue weighted by Gasteiger charge is 2.40. The molecule has 6 heteroatoms. The molecule has 106 valence electrons. The minimum atomic E-state index is -0.154. The number of carbonyl (C=O) groups is 1. The van der Waals surface area contributed by atoms with Crippen molar-refractivity contribution in [2.45, 2.75) is 31.6 Å². The maximum absolute atomic E-state index is 12.1. The highest BCUT2D eigenvalue weighted by atomic mass is 79.9. The van der Waals surface area contributed by atoms with Gasteiger partial charge in [0.2, 0.25) is 0 Å². The molecule has 1 fully saturated rings. The van der Waals surface area contributed by atoms with E-state index in [-0.39, 0.29) is 11.3 Å². The lowest BCUT2D eigenvalue weighted by atomic mass is 9.67. The molecule has 4 nitrogen and oxygen atoms in total. The summed E-state index contributed by atoms with van der Waals surface area (Å²) in [5, 5.41) is 3.01. The average Bonchev–Trinajstić information content (AvgIpc) is 2.97. The molecule has 1 amide bonds. The predicted molar refractivity (Wildman–Crippen MR) is 81.1 cm³/mol. The van der Waals surface area contributed by atoms with Gasteiger partial charge < -0.3 is 9.73 Å². The molecule has 0 unspecified atom stereocenters. The molecule has 20 heavy (non-hydrogen) atoms. The Morgan fingerprint density at radius 2 is 2.35 bits per heavy atom. The number of carbonyl (C=O) groups excluding carboxylic acids is 1. The fraction of sp³-hybridized carbons (Fsp3) is 0.429.